The average molecular weight is 364 g/mol. The molecule has 0 aromatic heterocycles. The predicted molar refractivity (Wildman–Crippen MR) is 108 cm³/mol. The fourth-order valence-electron chi connectivity index (χ4n) is 6.29. The van der Waals surface area contributed by atoms with Crippen molar-refractivity contribution in [1.29, 1.82) is 0 Å². The van der Waals surface area contributed by atoms with Crippen molar-refractivity contribution in [2.45, 2.75) is 84.8 Å². The summed E-state index contributed by atoms with van der Waals surface area (Å²) in [6.07, 6.45) is 6.56. The van der Waals surface area contributed by atoms with Gasteiger partial charge in [0.05, 0.1) is 12.2 Å². The maximum absolute atomic E-state index is 10.9. The third-order valence-corrected chi connectivity index (χ3v) is 7.85. The van der Waals surface area contributed by atoms with E-state index in [0.717, 1.165) is 31.8 Å². The molecule has 0 heterocycles. The highest BCUT2D eigenvalue weighted by Crippen LogP contribution is 2.57. The normalized spacial score (nSPS) is 44.2. The van der Waals surface area contributed by atoms with Crippen molar-refractivity contribution in [3.63, 3.8) is 0 Å². The van der Waals surface area contributed by atoms with Crippen LogP contribution >= 0.6 is 0 Å². The molecule has 0 bridgehead atoms. The molecule has 3 unspecified atom stereocenters. The monoisotopic (exact) mass is 363 g/mol. The van der Waals surface area contributed by atoms with Crippen LogP contribution in [0.15, 0.2) is 12.2 Å². The Morgan fingerprint density at radius 2 is 1.88 bits per heavy atom. The number of fused-ring (bicyclic) bond motifs is 1. The molecule has 3 aliphatic carbocycles. The molecule has 26 heavy (non-hydrogen) atoms. The lowest BCUT2D eigenvalue weighted by atomic mass is 9.54. The summed E-state index contributed by atoms with van der Waals surface area (Å²) in [6.45, 7) is 15.6. The van der Waals surface area contributed by atoms with Crippen LogP contribution in [0.5, 0.6) is 0 Å². The fraction of sp³-hybridized carbons (Fsp3) is 0.913. The van der Waals surface area contributed by atoms with Gasteiger partial charge in [-0.3, -0.25) is 0 Å². The van der Waals surface area contributed by atoms with Crippen molar-refractivity contribution >= 4 is 0 Å². The highest BCUT2D eigenvalue weighted by atomic mass is 16.3. The minimum Gasteiger partial charge on any atom is -0.393 e. The zero-order valence-electron chi connectivity index (χ0n) is 17.4. The molecule has 3 rings (SSSR count). The fourth-order valence-corrected chi connectivity index (χ4v) is 6.29. The number of rotatable bonds is 4. The average Bonchev–Trinajstić information content (AvgIpc) is 2.92. The van der Waals surface area contributed by atoms with Crippen molar-refractivity contribution in [2.24, 2.45) is 34.5 Å². The number of aliphatic hydroxyl groups excluding tert-OH is 2. The highest BCUT2D eigenvalue weighted by Gasteiger charge is 2.52. The first-order valence-electron chi connectivity index (χ1n) is 10.9. The van der Waals surface area contributed by atoms with E-state index in [2.05, 4.69) is 39.6 Å². The Balaban J connectivity index is 1.78. The number of aliphatic hydroxyl groups is 2. The zero-order chi connectivity index (χ0) is 19.1. The Bertz CT molecular complexity index is 511. The van der Waals surface area contributed by atoms with E-state index >= 15 is 0 Å². The molecular weight excluding hydrogens is 322 g/mol. The highest BCUT2D eigenvalue weighted by molar-refractivity contribution is 5.14. The second-order valence-electron chi connectivity index (χ2n) is 11.0. The molecular formula is C23H41NO2. The van der Waals surface area contributed by atoms with Crippen LogP contribution in [0.1, 0.15) is 72.6 Å². The third-order valence-electron chi connectivity index (χ3n) is 7.85. The number of hydrogen-bond acceptors (Lipinski definition) is 3. The summed E-state index contributed by atoms with van der Waals surface area (Å²) in [7, 11) is 0. The van der Waals surface area contributed by atoms with E-state index < -0.39 is 0 Å². The molecule has 3 aliphatic rings. The standard InChI is InChI=1S/C23H41NO2/c1-15-6-7-18-17(15)8-9-20(19(18)13-24-14-22(2,3)4)23(5)11-10-16(25)12-21(23)26/h16-21,24-26H,1,6-14H2,2-5H3/t16-,17?,18?,19-,20?,21-,23+/m0/s1. The van der Waals surface area contributed by atoms with E-state index in [9.17, 15) is 10.2 Å². The van der Waals surface area contributed by atoms with Crippen molar-refractivity contribution in [3.8, 4) is 0 Å². The van der Waals surface area contributed by atoms with E-state index in [0.29, 0.717) is 29.6 Å². The molecule has 3 saturated carbocycles. The molecule has 0 aliphatic heterocycles. The summed E-state index contributed by atoms with van der Waals surface area (Å²) >= 11 is 0. The second kappa shape index (κ2) is 7.56. The van der Waals surface area contributed by atoms with Crippen LogP contribution in [0.3, 0.4) is 0 Å². The van der Waals surface area contributed by atoms with Crippen molar-refractivity contribution in [1.82, 2.24) is 5.32 Å². The molecule has 3 nitrogen and oxygen atoms in total. The summed E-state index contributed by atoms with van der Waals surface area (Å²) in [6, 6.07) is 0. The summed E-state index contributed by atoms with van der Waals surface area (Å²) < 4.78 is 0. The van der Waals surface area contributed by atoms with Crippen molar-refractivity contribution in [2.75, 3.05) is 13.1 Å². The van der Waals surface area contributed by atoms with Crippen molar-refractivity contribution in [3.05, 3.63) is 12.2 Å². The van der Waals surface area contributed by atoms with E-state index in [1.165, 1.54) is 31.3 Å². The lowest BCUT2D eigenvalue weighted by Crippen LogP contribution is -2.53. The Morgan fingerprint density at radius 3 is 2.54 bits per heavy atom. The largest absolute Gasteiger partial charge is 0.393 e. The van der Waals surface area contributed by atoms with E-state index in [-0.39, 0.29) is 17.6 Å². The van der Waals surface area contributed by atoms with Crippen LogP contribution in [-0.4, -0.2) is 35.5 Å². The van der Waals surface area contributed by atoms with Gasteiger partial charge < -0.3 is 15.5 Å². The quantitative estimate of drug-likeness (QED) is 0.658. The van der Waals surface area contributed by atoms with E-state index in [1.807, 2.05) is 0 Å². The summed E-state index contributed by atoms with van der Waals surface area (Å²) in [5.74, 6) is 2.59. The molecule has 0 amide bonds. The number of allylic oxidation sites excluding steroid dienone is 1. The van der Waals surface area contributed by atoms with Gasteiger partial charge in [-0.05, 0) is 92.5 Å². The van der Waals surface area contributed by atoms with Gasteiger partial charge in [0, 0.05) is 0 Å². The van der Waals surface area contributed by atoms with Gasteiger partial charge in [-0.15, -0.1) is 0 Å². The van der Waals surface area contributed by atoms with Crippen LogP contribution in [0, 0.1) is 34.5 Å². The molecule has 0 aromatic rings. The van der Waals surface area contributed by atoms with Gasteiger partial charge in [-0.25, -0.2) is 0 Å². The molecule has 0 radical (unpaired) electrons. The molecule has 150 valence electrons. The first-order chi connectivity index (χ1) is 12.1. The van der Waals surface area contributed by atoms with Gasteiger partial charge in [0.15, 0.2) is 0 Å². The SMILES string of the molecule is C=C1CCC2C1CCC([C@@]1(C)CC[C@H](O)C[C@@H]1O)[C@H]2CNCC(C)(C)C. The van der Waals surface area contributed by atoms with Crippen molar-refractivity contribution < 1.29 is 10.2 Å². The Kier molecular flexibility index (Phi) is 5.92. The summed E-state index contributed by atoms with van der Waals surface area (Å²) in [5.41, 5.74) is 1.71. The van der Waals surface area contributed by atoms with Crippen LogP contribution < -0.4 is 5.32 Å². The van der Waals surface area contributed by atoms with E-state index in [4.69, 9.17) is 0 Å². The summed E-state index contributed by atoms with van der Waals surface area (Å²) in [5, 5.41) is 24.7. The summed E-state index contributed by atoms with van der Waals surface area (Å²) in [4.78, 5) is 0. The third kappa shape index (κ3) is 4.05. The smallest absolute Gasteiger partial charge is 0.0621 e. The zero-order valence-corrected chi connectivity index (χ0v) is 17.4. The van der Waals surface area contributed by atoms with Gasteiger partial charge in [0.1, 0.15) is 0 Å². The topological polar surface area (TPSA) is 52.5 Å². The Labute approximate surface area is 160 Å². The predicted octanol–water partition coefficient (Wildman–Crippen LogP) is 4.14. The molecule has 0 spiro atoms. The van der Waals surface area contributed by atoms with Gasteiger partial charge in [-0.1, -0.05) is 39.8 Å². The molecule has 0 aromatic carbocycles. The first kappa shape index (κ1) is 20.4. The van der Waals surface area contributed by atoms with Gasteiger partial charge in [0.2, 0.25) is 0 Å². The molecule has 3 heteroatoms. The Hall–Kier alpha value is -0.380. The molecule has 0 saturated heterocycles. The van der Waals surface area contributed by atoms with Gasteiger partial charge in [0.25, 0.3) is 0 Å². The minimum atomic E-state index is -0.373. The maximum atomic E-state index is 10.9. The first-order valence-corrected chi connectivity index (χ1v) is 10.9. The lowest BCUT2D eigenvalue weighted by Gasteiger charge is -2.53. The van der Waals surface area contributed by atoms with Crippen LogP contribution in [-0.2, 0) is 0 Å². The molecule has 3 fully saturated rings. The Morgan fingerprint density at radius 1 is 1.15 bits per heavy atom. The van der Waals surface area contributed by atoms with Crippen LogP contribution in [0.2, 0.25) is 0 Å². The van der Waals surface area contributed by atoms with Crippen LogP contribution in [0.4, 0.5) is 0 Å². The molecule has 7 atom stereocenters. The minimum absolute atomic E-state index is 0.0534. The second-order valence-corrected chi connectivity index (χ2v) is 11.0. The van der Waals surface area contributed by atoms with Gasteiger partial charge >= 0.3 is 0 Å². The van der Waals surface area contributed by atoms with E-state index in [1.54, 1.807) is 0 Å². The number of nitrogens with one attached hydrogen (secondary N) is 1. The lowest BCUT2D eigenvalue weighted by molar-refractivity contribution is -0.110. The van der Waals surface area contributed by atoms with Crippen LogP contribution in [0.25, 0.3) is 0 Å². The molecule has 3 N–H and O–H groups in total. The number of hydrogen-bond donors (Lipinski definition) is 3. The van der Waals surface area contributed by atoms with Gasteiger partial charge in [-0.2, -0.15) is 0 Å². The maximum Gasteiger partial charge on any atom is 0.0621 e.